The zero-order chi connectivity index (χ0) is 32.4. The van der Waals surface area contributed by atoms with E-state index in [-0.39, 0.29) is 22.9 Å². The van der Waals surface area contributed by atoms with Gasteiger partial charge in [0.25, 0.3) is 21.8 Å². The molecule has 0 saturated carbocycles. The molecule has 4 aromatic rings. The van der Waals surface area contributed by atoms with Crippen molar-refractivity contribution in [3.63, 3.8) is 0 Å². The van der Waals surface area contributed by atoms with Crippen LogP contribution in [0.15, 0.2) is 101 Å². The highest BCUT2D eigenvalue weighted by Crippen LogP contribution is 2.35. The van der Waals surface area contributed by atoms with Crippen molar-refractivity contribution in [1.82, 2.24) is 5.43 Å². The van der Waals surface area contributed by atoms with Crippen LogP contribution in [0.2, 0.25) is 0 Å². The van der Waals surface area contributed by atoms with E-state index in [0.717, 1.165) is 9.87 Å². The van der Waals surface area contributed by atoms with Crippen molar-refractivity contribution in [3.8, 4) is 17.2 Å². The monoisotopic (exact) mass is 634 g/mol. The summed E-state index contributed by atoms with van der Waals surface area (Å²) >= 11 is 0. The minimum absolute atomic E-state index is 0.00230. The van der Waals surface area contributed by atoms with Gasteiger partial charge in [0.2, 0.25) is 0 Å². The number of hydrogen-bond acceptors (Lipinski definition) is 8. The molecular formula is C32H31FN4O7S. The molecule has 0 heterocycles. The second kappa shape index (κ2) is 14.8. The number of benzene rings is 4. The van der Waals surface area contributed by atoms with Gasteiger partial charge >= 0.3 is 0 Å². The summed E-state index contributed by atoms with van der Waals surface area (Å²) in [6, 6.07) is 22.7. The summed E-state index contributed by atoms with van der Waals surface area (Å²) < 4.78 is 57.5. The summed E-state index contributed by atoms with van der Waals surface area (Å²) in [7, 11) is -1.33. The highest BCUT2D eigenvalue weighted by Gasteiger charge is 2.29. The SMILES string of the molecule is COc1ccc(N(CC(=O)N/N=C\c2ccc(OCC(=O)Nc3ccc(F)cc3)cc2)S(=O)(=O)c2ccc(C)cc2)c(OC)c1. The van der Waals surface area contributed by atoms with E-state index in [1.165, 1.54) is 69.0 Å². The van der Waals surface area contributed by atoms with Crippen molar-refractivity contribution in [2.45, 2.75) is 11.8 Å². The summed E-state index contributed by atoms with van der Waals surface area (Å²) in [5, 5.41) is 6.55. The fourth-order valence-corrected chi connectivity index (χ4v) is 5.43. The van der Waals surface area contributed by atoms with Crippen LogP contribution in [0.1, 0.15) is 11.1 Å². The molecule has 4 aromatic carbocycles. The molecule has 0 fully saturated rings. The number of nitrogens with one attached hydrogen (secondary N) is 2. The normalized spacial score (nSPS) is 11.1. The molecule has 0 unspecified atom stereocenters. The molecule has 0 aromatic heterocycles. The average Bonchev–Trinajstić information content (AvgIpc) is 3.04. The number of methoxy groups -OCH3 is 2. The zero-order valence-corrected chi connectivity index (χ0v) is 25.5. The Morgan fingerprint density at radius 2 is 1.53 bits per heavy atom. The fraction of sp³-hybridized carbons (Fsp3) is 0.156. The smallest absolute Gasteiger partial charge is 0.264 e. The molecule has 0 aliphatic rings. The number of ether oxygens (including phenoxy) is 3. The van der Waals surface area contributed by atoms with Gasteiger partial charge in [-0.3, -0.25) is 13.9 Å². The number of rotatable bonds is 13. The Bertz CT molecular complexity index is 1760. The number of halogens is 1. The second-order valence-electron chi connectivity index (χ2n) is 9.57. The Kier molecular flexibility index (Phi) is 10.7. The number of aryl methyl sites for hydroxylation is 1. The van der Waals surface area contributed by atoms with Crippen LogP contribution >= 0.6 is 0 Å². The highest BCUT2D eigenvalue weighted by atomic mass is 32.2. The maximum atomic E-state index is 13.7. The lowest BCUT2D eigenvalue weighted by molar-refractivity contribution is -0.119. The lowest BCUT2D eigenvalue weighted by Crippen LogP contribution is -2.39. The number of nitrogens with zero attached hydrogens (tertiary/aromatic N) is 2. The van der Waals surface area contributed by atoms with Crippen LogP contribution in [0.3, 0.4) is 0 Å². The minimum atomic E-state index is -4.19. The summed E-state index contributed by atoms with van der Waals surface area (Å²) in [5.41, 5.74) is 4.41. The van der Waals surface area contributed by atoms with Crippen LogP contribution in [-0.4, -0.2) is 53.8 Å². The number of carbonyl (C=O) groups excluding carboxylic acids is 2. The van der Waals surface area contributed by atoms with E-state index < -0.39 is 34.2 Å². The standard InChI is InChI=1S/C32H31FN4O7S/c1-22-4-15-28(16-5-22)45(40,41)37(29-17-14-27(42-2)18-30(29)43-3)20-31(38)36-34-19-23-6-12-26(13-7-23)44-21-32(39)35-25-10-8-24(33)9-11-25/h4-19H,20-21H2,1-3H3,(H,35,39)(H,36,38)/b34-19-. The van der Waals surface area contributed by atoms with Crippen molar-refractivity contribution in [2.24, 2.45) is 5.10 Å². The van der Waals surface area contributed by atoms with Gasteiger partial charge in [-0.2, -0.15) is 5.10 Å². The van der Waals surface area contributed by atoms with Crippen molar-refractivity contribution in [2.75, 3.05) is 37.0 Å². The first-order valence-electron chi connectivity index (χ1n) is 13.5. The molecule has 0 aliphatic carbocycles. The van der Waals surface area contributed by atoms with Crippen LogP contribution in [0.5, 0.6) is 17.2 Å². The predicted molar refractivity (Wildman–Crippen MR) is 168 cm³/mol. The van der Waals surface area contributed by atoms with Gasteiger partial charge in [-0.1, -0.05) is 17.7 Å². The molecule has 2 amide bonds. The molecular weight excluding hydrogens is 603 g/mol. The summed E-state index contributed by atoms with van der Waals surface area (Å²) in [4.78, 5) is 25.0. The Morgan fingerprint density at radius 1 is 0.867 bits per heavy atom. The Balaban J connectivity index is 1.40. The van der Waals surface area contributed by atoms with E-state index in [2.05, 4.69) is 15.8 Å². The van der Waals surface area contributed by atoms with Gasteiger partial charge in [-0.05, 0) is 85.3 Å². The van der Waals surface area contributed by atoms with Gasteiger partial charge in [0.05, 0.1) is 31.0 Å². The first-order valence-corrected chi connectivity index (χ1v) is 14.9. The van der Waals surface area contributed by atoms with Crippen LogP contribution in [0.25, 0.3) is 0 Å². The molecule has 0 atom stereocenters. The van der Waals surface area contributed by atoms with Gasteiger partial charge in [0.1, 0.15) is 29.6 Å². The van der Waals surface area contributed by atoms with E-state index in [4.69, 9.17) is 14.2 Å². The third-order valence-electron chi connectivity index (χ3n) is 6.33. The average molecular weight is 635 g/mol. The molecule has 0 bridgehead atoms. The number of sulfonamides is 1. The summed E-state index contributed by atoms with van der Waals surface area (Å²) in [6.45, 7) is 0.980. The van der Waals surface area contributed by atoms with E-state index in [0.29, 0.717) is 22.7 Å². The van der Waals surface area contributed by atoms with Crippen LogP contribution in [0.4, 0.5) is 15.8 Å². The van der Waals surface area contributed by atoms with Crippen molar-refractivity contribution in [3.05, 3.63) is 108 Å². The van der Waals surface area contributed by atoms with Gasteiger partial charge in [0.15, 0.2) is 6.61 Å². The van der Waals surface area contributed by atoms with Gasteiger partial charge < -0.3 is 19.5 Å². The first kappa shape index (κ1) is 32.5. The minimum Gasteiger partial charge on any atom is -0.497 e. The number of hydrazone groups is 1. The molecule has 11 nitrogen and oxygen atoms in total. The Labute approximate surface area is 260 Å². The number of anilines is 2. The maximum absolute atomic E-state index is 13.7. The summed E-state index contributed by atoms with van der Waals surface area (Å²) in [6.07, 6.45) is 1.37. The number of hydrogen-bond donors (Lipinski definition) is 2. The van der Waals surface area contributed by atoms with Gasteiger partial charge in [-0.15, -0.1) is 0 Å². The maximum Gasteiger partial charge on any atom is 0.264 e. The highest BCUT2D eigenvalue weighted by molar-refractivity contribution is 7.92. The molecule has 4 rings (SSSR count). The topological polar surface area (TPSA) is 136 Å². The number of amides is 2. The third-order valence-corrected chi connectivity index (χ3v) is 8.11. The fourth-order valence-electron chi connectivity index (χ4n) is 4.00. The lowest BCUT2D eigenvalue weighted by atomic mass is 10.2. The van der Waals surface area contributed by atoms with Crippen LogP contribution in [-0.2, 0) is 19.6 Å². The Morgan fingerprint density at radius 3 is 2.18 bits per heavy atom. The quantitative estimate of drug-likeness (QED) is 0.163. The predicted octanol–water partition coefficient (Wildman–Crippen LogP) is 4.51. The first-order chi connectivity index (χ1) is 21.6. The number of carbonyl (C=O) groups is 2. The Hall–Kier alpha value is -5.43. The molecule has 2 N–H and O–H groups in total. The van der Waals surface area contributed by atoms with Crippen LogP contribution < -0.4 is 29.3 Å². The van der Waals surface area contributed by atoms with Crippen molar-refractivity contribution in [1.29, 1.82) is 0 Å². The van der Waals surface area contributed by atoms with E-state index in [9.17, 15) is 22.4 Å². The molecule has 0 radical (unpaired) electrons. The van der Waals surface area contributed by atoms with Crippen LogP contribution in [0, 0.1) is 12.7 Å². The molecule has 0 saturated heterocycles. The third kappa shape index (κ3) is 8.80. The largest absolute Gasteiger partial charge is 0.497 e. The van der Waals surface area contributed by atoms with E-state index in [1.807, 2.05) is 6.92 Å². The molecule has 0 spiro atoms. The van der Waals surface area contributed by atoms with Crippen molar-refractivity contribution >= 4 is 39.4 Å². The molecule has 45 heavy (non-hydrogen) atoms. The molecule has 234 valence electrons. The summed E-state index contributed by atoms with van der Waals surface area (Å²) in [5.74, 6) is -0.475. The second-order valence-corrected chi connectivity index (χ2v) is 11.4. The van der Waals surface area contributed by atoms with E-state index in [1.54, 1.807) is 42.5 Å². The van der Waals surface area contributed by atoms with Gasteiger partial charge in [-0.25, -0.2) is 18.2 Å². The molecule has 13 heteroatoms. The molecule has 0 aliphatic heterocycles. The lowest BCUT2D eigenvalue weighted by Gasteiger charge is -2.25. The van der Waals surface area contributed by atoms with Crippen molar-refractivity contribution < 1.29 is 36.6 Å². The van der Waals surface area contributed by atoms with E-state index >= 15 is 0 Å². The van der Waals surface area contributed by atoms with Gasteiger partial charge in [0, 0.05) is 11.8 Å². The zero-order valence-electron chi connectivity index (χ0n) is 24.7.